The third-order valence-corrected chi connectivity index (χ3v) is 15.9. The van der Waals surface area contributed by atoms with Crippen molar-refractivity contribution >= 4 is 28.8 Å². The van der Waals surface area contributed by atoms with Crippen molar-refractivity contribution in [2.75, 3.05) is 39.3 Å². The molecule has 0 aromatic carbocycles. The van der Waals surface area contributed by atoms with Crippen molar-refractivity contribution in [2.45, 2.75) is 48.1 Å². The highest BCUT2D eigenvalue weighted by atomic mass is 28.4. The topological polar surface area (TPSA) is 13.0 Å². The Morgan fingerprint density at radius 1 is 0.650 bits per heavy atom. The molecule has 0 N–H and O–H groups in total. The molecule has 0 aromatic heterocycles. The van der Waals surface area contributed by atoms with E-state index in [9.17, 15) is 0 Å². The fraction of sp³-hybridized carbons (Fsp3) is 1.00. The molecular formula is C13H38N4Si3. The van der Waals surface area contributed by atoms with Crippen LogP contribution in [0.4, 0.5) is 0 Å². The van der Waals surface area contributed by atoms with E-state index in [0.717, 1.165) is 0 Å². The zero-order valence-electron chi connectivity index (χ0n) is 15.0. The molecule has 0 spiro atoms. The highest BCUT2D eigenvalue weighted by molar-refractivity contribution is 6.71. The molecule has 0 radical (unpaired) electrons. The second kappa shape index (κ2) is 12.1. The van der Waals surface area contributed by atoms with E-state index in [1.54, 1.807) is 0 Å². The Labute approximate surface area is 134 Å². The lowest BCUT2D eigenvalue weighted by Crippen LogP contribution is -2.60. The molecule has 4 nitrogen and oxygen atoms in total. The zero-order chi connectivity index (χ0) is 15.5. The van der Waals surface area contributed by atoms with Gasteiger partial charge in [-0.25, -0.2) is 0 Å². The molecule has 1 atom stereocenters. The van der Waals surface area contributed by atoms with Gasteiger partial charge in [-0.1, -0.05) is 41.5 Å². The Hall–Kier alpha value is 0.491. The van der Waals surface area contributed by atoms with E-state index < -0.39 is 9.12 Å². The predicted molar refractivity (Wildman–Crippen MR) is 101 cm³/mol. The molecule has 0 rings (SSSR count). The summed E-state index contributed by atoms with van der Waals surface area (Å²) < 4.78 is 11.2. The van der Waals surface area contributed by atoms with Gasteiger partial charge >= 0.3 is 0 Å². The molecule has 0 aliphatic carbocycles. The van der Waals surface area contributed by atoms with Gasteiger partial charge in [-0.2, -0.15) is 0 Å². The van der Waals surface area contributed by atoms with E-state index in [-0.39, 0.29) is 19.7 Å². The molecular weight excluding hydrogens is 296 g/mol. The predicted octanol–water partition coefficient (Wildman–Crippen LogP) is 0.162. The molecule has 0 saturated carbocycles. The SMILES string of the molecule is CCN(CC)[SiH2]N([SiH2]N(CC)CC)[SiH](C)N(CC)CC. The first kappa shape index (κ1) is 20.5. The molecule has 0 aliphatic heterocycles. The van der Waals surface area contributed by atoms with E-state index in [2.05, 4.69) is 65.7 Å². The highest BCUT2D eigenvalue weighted by Crippen LogP contribution is 2.03. The Morgan fingerprint density at radius 2 is 1.00 bits per heavy atom. The van der Waals surface area contributed by atoms with Gasteiger partial charge in [-0.15, -0.1) is 0 Å². The van der Waals surface area contributed by atoms with Gasteiger partial charge in [-0.05, 0) is 45.8 Å². The maximum atomic E-state index is 3.02. The Kier molecular flexibility index (Phi) is 12.4. The minimum Gasteiger partial charge on any atom is -0.344 e. The molecule has 7 heteroatoms. The maximum absolute atomic E-state index is 3.02. The number of hydrogen-bond acceptors (Lipinski definition) is 4. The summed E-state index contributed by atoms with van der Waals surface area (Å²) in [5.74, 6) is 0. The summed E-state index contributed by atoms with van der Waals surface area (Å²) in [7, 11) is -1.34. The molecule has 20 heavy (non-hydrogen) atoms. The van der Waals surface area contributed by atoms with Gasteiger partial charge in [0.2, 0.25) is 0 Å². The molecule has 0 heterocycles. The van der Waals surface area contributed by atoms with Crippen LogP contribution in [0.1, 0.15) is 41.5 Å². The average Bonchev–Trinajstić information content (AvgIpc) is 2.48. The van der Waals surface area contributed by atoms with Gasteiger partial charge in [0.05, 0.1) is 0 Å². The Morgan fingerprint density at radius 3 is 1.25 bits per heavy atom. The summed E-state index contributed by atoms with van der Waals surface area (Å²) in [5, 5.41) is 0. The van der Waals surface area contributed by atoms with Crippen LogP contribution in [0.3, 0.4) is 0 Å². The van der Waals surface area contributed by atoms with Crippen molar-refractivity contribution in [3.8, 4) is 0 Å². The first-order valence-corrected chi connectivity index (χ1v) is 13.2. The molecule has 0 amide bonds. The molecule has 0 saturated heterocycles. The Bertz CT molecular complexity index is 208. The van der Waals surface area contributed by atoms with Crippen LogP contribution in [-0.2, 0) is 0 Å². The largest absolute Gasteiger partial charge is 0.344 e. The molecule has 0 aromatic rings. The van der Waals surface area contributed by atoms with Gasteiger partial charge in [-0.3, -0.25) is 0 Å². The number of hydrogen-bond donors (Lipinski definition) is 0. The summed E-state index contributed by atoms with van der Waals surface area (Å²) in [6.07, 6.45) is 0. The summed E-state index contributed by atoms with van der Waals surface area (Å²) in [4.78, 5) is 0. The first-order chi connectivity index (χ1) is 9.57. The van der Waals surface area contributed by atoms with Crippen LogP contribution in [0, 0.1) is 0 Å². The second-order valence-electron chi connectivity index (χ2n) is 5.33. The Balaban J connectivity index is 4.83. The summed E-state index contributed by atoms with van der Waals surface area (Å²) in [6.45, 7) is 23.8. The molecule has 122 valence electrons. The van der Waals surface area contributed by atoms with Gasteiger partial charge in [0.25, 0.3) is 0 Å². The lowest BCUT2D eigenvalue weighted by Gasteiger charge is -2.40. The van der Waals surface area contributed by atoms with Crippen LogP contribution in [0.15, 0.2) is 0 Å². The minimum absolute atomic E-state index is 0.224. The van der Waals surface area contributed by atoms with Crippen molar-refractivity contribution in [1.29, 1.82) is 0 Å². The maximum Gasteiger partial charge on any atom is 0.174 e. The van der Waals surface area contributed by atoms with Crippen molar-refractivity contribution in [3.05, 3.63) is 0 Å². The van der Waals surface area contributed by atoms with Crippen LogP contribution in [-0.4, -0.2) is 85.7 Å². The van der Waals surface area contributed by atoms with Crippen LogP contribution < -0.4 is 0 Å². The van der Waals surface area contributed by atoms with Crippen molar-refractivity contribution in [3.63, 3.8) is 0 Å². The van der Waals surface area contributed by atoms with E-state index in [4.69, 9.17) is 0 Å². The van der Waals surface area contributed by atoms with Crippen LogP contribution in [0.25, 0.3) is 0 Å². The monoisotopic (exact) mass is 334 g/mol. The number of rotatable bonds is 12. The van der Waals surface area contributed by atoms with E-state index in [0.29, 0.717) is 0 Å². The molecule has 0 fully saturated rings. The summed E-state index contributed by atoms with van der Waals surface area (Å²) >= 11 is 0. The highest BCUT2D eigenvalue weighted by Gasteiger charge is 2.23. The van der Waals surface area contributed by atoms with E-state index in [1.165, 1.54) is 39.3 Å². The first-order valence-electron chi connectivity index (χ1n) is 8.50. The normalized spacial score (nSPS) is 15.2. The van der Waals surface area contributed by atoms with Gasteiger partial charge < -0.3 is 17.6 Å². The second-order valence-corrected chi connectivity index (χ2v) is 14.4. The fourth-order valence-corrected chi connectivity index (χ4v) is 12.7. The van der Waals surface area contributed by atoms with Crippen molar-refractivity contribution < 1.29 is 0 Å². The molecule has 1 unspecified atom stereocenters. The van der Waals surface area contributed by atoms with Crippen LogP contribution in [0.5, 0.6) is 0 Å². The standard InChI is InChI=1S/C13H38N4Si3/c1-8-14(9-2)18-17(19-15(10-3)11-4)20(7)16(12-5)13-6/h20H,8-13,18-19H2,1-7H3. The quantitative estimate of drug-likeness (QED) is 0.471. The summed E-state index contributed by atoms with van der Waals surface area (Å²) in [5.41, 5.74) is 0. The lowest BCUT2D eigenvalue weighted by atomic mass is 10.7. The van der Waals surface area contributed by atoms with Crippen LogP contribution >= 0.6 is 0 Å². The minimum atomic E-state index is -0.893. The zero-order valence-corrected chi connectivity index (χ0v) is 19.0. The average molecular weight is 335 g/mol. The number of nitrogens with zero attached hydrogens (tertiary/aromatic N) is 4. The molecule has 0 aliphatic rings. The van der Waals surface area contributed by atoms with Gasteiger partial charge in [0, 0.05) is 0 Å². The lowest BCUT2D eigenvalue weighted by molar-refractivity contribution is 0.427. The third kappa shape index (κ3) is 6.97. The van der Waals surface area contributed by atoms with Crippen molar-refractivity contribution in [2.24, 2.45) is 0 Å². The van der Waals surface area contributed by atoms with Crippen molar-refractivity contribution in [1.82, 2.24) is 17.6 Å². The smallest absolute Gasteiger partial charge is 0.174 e. The molecule has 0 bridgehead atoms. The third-order valence-electron chi connectivity index (χ3n) is 4.42. The van der Waals surface area contributed by atoms with Crippen LogP contribution in [0.2, 0.25) is 6.55 Å². The van der Waals surface area contributed by atoms with E-state index >= 15 is 0 Å². The van der Waals surface area contributed by atoms with E-state index in [1.807, 2.05) is 0 Å². The van der Waals surface area contributed by atoms with Gasteiger partial charge in [0.15, 0.2) is 28.8 Å². The fourth-order valence-electron chi connectivity index (χ4n) is 2.63. The van der Waals surface area contributed by atoms with Gasteiger partial charge in [0.1, 0.15) is 0 Å². The summed E-state index contributed by atoms with van der Waals surface area (Å²) in [6, 6.07) is 0.